The van der Waals surface area contributed by atoms with Gasteiger partial charge in [0.1, 0.15) is 11.5 Å². The fraction of sp³-hybridized carbons (Fsp3) is 0.0769. The SMILES string of the molecule is OCc1ccc(Oc2ccc(Cl)c(Cl)c2)cc1Br. The van der Waals surface area contributed by atoms with Gasteiger partial charge in [-0.2, -0.15) is 0 Å². The monoisotopic (exact) mass is 346 g/mol. The molecular weight excluding hydrogens is 339 g/mol. The van der Waals surface area contributed by atoms with Crippen LogP contribution in [0.1, 0.15) is 5.56 Å². The highest BCUT2D eigenvalue weighted by atomic mass is 79.9. The fourth-order valence-corrected chi connectivity index (χ4v) is 2.17. The molecule has 0 radical (unpaired) electrons. The number of aliphatic hydroxyl groups excluding tert-OH is 1. The number of hydrogen-bond acceptors (Lipinski definition) is 2. The van der Waals surface area contributed by atoms with Crippen molar-refractivity contribution in [3.8, 4) is 11.5 Å². The highest BCUT2D eigenvalue weighted by Gasteiger charge is 2.04. The zero-order chi connectivity index (χ0) is 13.1. The molecule has 2 rings (SSSR count). The first-order valence-corrected chi connectivity index (χ1v) is 6.67. The highest BCUT2D eigenvalue weighted by molar-refractivity contribution is 9.10. The van der Waals surface area contributed by atoms with Gasteiger partial charge in [-0.05, 0) is 29.8 Å². The van der Waals surface area contributed by atoms with Crippen LogP contribution in [0.3, 0.4) is 0 Å². The van der Waals surface area contributed by atoms with Crippen molar-refractivity contribution in [2.75, 3.05) is 0 Å². The second-order valence-corrected chi connectivity index (χ2v) is 5.26. The molecule has 0 aliphatic heterocycles. The van der Waals surface area contributed by atoms with Crippen LogP contribution >= 0.6 is 39.1 Å². The molecule has 1 N–H and O–H groups in total. The summed E-state index contributed by atoms with van der Waals surface area (Å²) in [5, 5.41) is 9.99. The molecule has 2 aromatic rings. The standard InChI is InChI=1S/C13H9BrCl2O2/c14-11-5-9(2-1-8(11)7-17)18-10-3-4-12(15)13(16)6-10/h1-6,17H,7H2. The van der Waals surface area contributed by atoms with Gasteiger partial charge in [-0.3, -0.25) is 0 Å². The molecule has 0 aromatic heterocycles. The third-order valence-electron chi connectivity index (χ3n) is 2.32. The van der Waals surface area contributed by atoms with Crippen LogP contribution in [0.2, 0.25) is 10.0 Å². The number of hydrogen-bond donors (Lipinski definition) is 1. The van der Waals surface area contributed by atoms with E-state index in [-0.39, 0.29) is 6.61 Å². The first-order valence-electron chi connectivity index (χ1n) is 5.12. The van der Waals surface area contributed by atoms with Gasteiger partial charge < -0.3 is 9.84 Å². The summed E-state index contributed by atoms with van der Waals surface area (Å²) in [6.45, 7) is -0.0202. The van der Waals surface area contributed by atoms with Crippen molar-refractivity contribution in [3.63, 3.8) is 0 Å². The van der Waals surface area contributed by atoms with Crippen LogP contribution in [0.25, 0.3) is 0 Å². The smallest absolute Gasteiger partial charge is 0.129 e. The number of ether oxygens (including phenoxy) is 1. The van der Waals surface area contributed by atoms with Gasteiger partial charge in [-0.25, -0.2) is 0 Å². The van der Waals surface area contributed by atoms with E-state index < -0.39 is 0 Å². The molecule has 0 amide bonds. The first kappa shape index (κ1) is 13.7. The van der Waals surface area contributed by atoms with Crippen LogP contribution in [0.5, 0.6) is 11.5 Å². The van der Waals surface area contributed by atoms with Crippen molar-refractivity contribution in [2.24, 2.45) is 0 Å². The summed E-state index contributed by atoms with van der Waals surface area (Å²) in [7, 11) is 0. The van der Waals surface area contributed by atoms with Crippen molar-refractivity contribution < 1.29 is 9.84 Å². The van der Waals surface area contributed by atoms with Gasteiger partial charge in [0.05, 0.1) is 16.7 Å². The van der Waals surface area contributed by atoms with Crippen LogP contribution in [-0.2, 0) is 6.61 Å². The highest BCUT2D eigenvalue weighted by Crippen LogP contribution is 2.31. The van der Waals surface area contributed by atoms with E-state index in [1.54, 1.807) is 36.4 Å². The number of benzene rings is 2. The van der Waals surface area contributed by atoms with Crippen LogP contribution in [0.4, 0.5) is 0 Å². The number of halogens is 3. The molecule has 5 heteroatoms. The van der Waals surface area contributed by atoms with Crippen molar-refractivity contribution in [2.45, 2.75) is 6.61 Å². The Morgan fingerprint density at radius 2 is 1.67 bits per heavy atom. The Morgan fingerprint density at radius 1 is 1.00 bits per heavy atom. The lowest BCUT2D eigenvalue weighted by Gasteiger charge is -2.08. The van der Waals surface area contributed by atoms with Crippen molar-refractivity contribution in [1.29, 1.82) is 0 Å². The zero-order valence-electron chi connectivity index (χ0n) is 9.16. The van der Waals surface area contributed by atoms with Crippen molar-refractivity contribution in [3.05, 3.63) is 56.5 Å². The minimum absolute atomic E-state index is 0.0202. The third-order valence-corrected chi connectivity index (χ3v) is 3.80. The van der Waals surface area contributed by atoms with Gasteiger partial charge in [-0.15, -0.1) is 0 Å². The lowest BCUT2D eigenvalue weighted by Crippen LogP contribution is -1.88. The molecule has 0 unspecified atom stereocenters. The number of aliphatic hydroxyl groups is 1. The van der Waals surface area contributed by atoms with Gasteiger partial charge in [0, 0.05) is 10.5 Å². The molecule has 2 aromatic carbocycles. The predicted molar refractivity (Wildman–Crippen MR) is 76.6 cm³/mol. The second kappa shape index (κ2) is 5.93. The maximum Gasteiger partial charge on any atom is 0.129 e. The lowest BCUT2D eigenvalue weighted by molar-refractivity contribution is 0.281. The minimum Gasteiger partial charge on any atom is -0.457 e. The number of rotatable bonds is 3. The van der Waals surface area contributed by atoms with Gasteiger partial charge >= 0.3 is 0 Å². The van der Waals surface area contributed by atoms with E-state index in [1.165, 1.54) is 0 Å². The van der Waals surface area contributed by atoms with Crippen LogP contribution in [-0.4, -0.2) is 5.11 Å². The zero-order valence-corrected chi connectivity index (χ0v) is 12.3. The quantitative estimate of drug-likeness (QED) is 0.842. The summed E-state index contributed by atoms with van der Waals surface area (Å²) < 4.78 is 6.43. The average Bonchev–Trinajstić information content (AvgIpc) is 2.34. The molecular formula is C13H9BrCl2O2. The molecule has 0 saturated heterocycles. The first-order chi connectivity index (χ1) is 8.60. The van der Waals surface area contributed by atoms with Gasteiger partial charge in [0.15, 0.2) is 0 Å². The predicted octanol–water partition coefficient (Wildman–Crippen LogP) is 5.04. The molecule has 2 nitrogen and oxygen atoms in total. The Bertz CT molecular complexity index is 573. The molecule has 0 fully saturated rings. The molecule has 0 aliphatic carbocycles. The molecule has 0 aliphatic rings. The van der Waals surface area contributed by atoms with E-state index in [1.807, 2.05) is 0 Å². The topological polar surface area (TPSA) is 29.5 Å². The van der Waals surface area contributed by atoms with Gasteiger partial charge in [0.2, 0.25) is 0 Å². The van der Waals surface area contributed by atoms with E-state index >= 15 is 0 Å². The van der Waals surface area contributed by atoms with Crippen molar-refractivity contribution in [1.82, 2.24) is 0 Å². The Labute approximate surface area is 123 Å². The van der Waals surface area contributed by atoms with E-state index in [0.29, 0.717) is 21.5 Å². The summed E-state index contributed by atoms with van der Waals surface area (Å²) in [5.41, 5.74) is 0.802. The Hall–Kier alpha value is -0.740. The second-order valence-electron chi connectivity index (χ2n) is 3.59. The van der Waals surface area contributed by atoms with Crippen LogP contribution in [0, 0.1) is 0 Å². The third kappa shape index (κ3) is 3.18. The summed E-state index contributed by atoms with van der Waals surface area (Å²) >= 11 is 15.1. The normalized spacial score (nSPS) is 10.4. The summed E-state index contributed by atoms with van der Waals surface area (Å²) in [6, 6.07) is 10.4. The van der Waals surface area contributed by atoms with Gasteiger partial charge in [-0.1, -0.05) is 45.2 Å². The molecule has 0 saturated carbocycles. The largest absolute Gasteiger partial charge is 0.457 e. The maximum atomic E-state index is 9.06. The molecule has 0 bridgehead atoms. The molecule has 0 atom stereocenters. The van der Waals surface area contributed by atoms with E-state index in [9.17, 15) is 0 Å². The van der Waals surface area contributed by atoms with E-state index in [4.69, 9.17) is 33.0 Å². The van der Waals surface area contributed by atoms with Crippen molar-refractivity contribution >= 4 is 39.1 Å². The Morgan fingerprint density at radius 3 is 2.28 bits per heavy atom. The van der Waals surface area contributed by atoms with Crippen LogP contribution in [0.15, 0.2) is 40.9 Å². The van der Waals surface area contributed by atoms with Crippen LogP contribution < -0.4 is 4.74 Å². The summed E-state index contributed by atoms with van der Waals surface area (Å²) in [4.78, 5) is 0. The van der Waals surface area contributed by atoms with E-state index in [0.717, 1.165) is 10.0 Å². The lowest BCUT2D eigenvalue weighted by atomic mass is 10.2. The maximum absolute atomic E-state index is 9.06. The summed E-state index contributed by atoms with van der Waals surface area (Å²) in [5.74, 6) is 1.26. The van der Waals surface area contributed by atoms with E-state index in [2.05, 4.69) is 15.9 Å². The summed E-state index contributed by atoms with van der Waals surface area (Å²) in [6.07, 6.45) is 0. The molecule has 94 valence electrons. The molecule has 0 heterocycles. The Kier molecular flexibility index (Phi) is 4.51. The average molecular weight is 348 g/mol. The van der Waals surface area contributed by atoms with Gasteiger partial charge in [0.25, 0.3) is 0 Å². The Balaban J connectivity index is 2.23. The fourth-order valence-electron chi connectivity index (χ4n) is 1.40. The molecule has 18 heavy (non-hydrogen) atoms. The minimum atomic E-state index is -0.0202. The molecule has 0 spiro atoms.